The first kappa shape index (κ1) is 21.3. The normalized spacial score (nSPS) is 13.9. The number of nitrogens with one attached hydrogen (secondary N) is 1. The molecule has 0 unspecified atom stereocenters. The number of anilines is 3. The summed E-state index contributed by atoms with van der Waals surface area (Å²) >= 11 is 1.32. The molecule has 1 aliphatic heterocycles. The number of hydrogen-bond acceptors (Lipinski definition) is 7. The third-order valence-corrected chi connectivity index (χ3v) is 6.76. The SMILES string of the molecule is [C-]#[N+]c1sc(N(C)c2c(CC)nc3cnc(N4CCNCC4)cn23)nc1-c1ccc(F)cc1. The van der Waals surface area contributed by atoms with Crippen LogP contribution in [-0.4, -0.2) is 52.6 Å². The quantitative estimate of drug-likeness (QED) is 0.447. The molecule has 4 aromatic rings. The lowest BCUT2D eigenvalue weighted by Crippen LogP contribution is -2.44. The highest BCUT2D eigenvalue weighted by Gasteiger charge is 2.23. The monoisotopic (exact) mass is 462 g/mol. The van der Waals surface area contributed by atoms with E-state index in [0.717, 1.165) is 61.1 Å². The van der Waals surface area contributed by atoms with Gasteiger partial charge in [-0.05, 0) is 24.1 Å². The number of thiazole rings is 1. The van der Waals surface area contributed by atoms with Gasteiger partial charge in [0.25, 0.3) is 5.00 Å². The van der Waals surface area contributed by atoms with E-state index >= 15 is 0 Å². The van der Waals surface area contributed by atoms with Gasteiger partial charge in [-0.25, -0.2) is 24.2 Å². The largest absolute Gasteiger partial charge is 0.353 e. The van der Waals surface area contributed by atoms with Crippen molar-refractivity contribution in [1.82, 2.24) is 24.7 Å². The molecule has 0 aliphatic carbocycles. The van der Waals surface area contributed by atoms with Gasteiger partial charge in [-0.1, -0.05) is 19.1 Å². The molecule has 33 heavy (non-hydrogen) atoms. The van der Waals surface area contributed by atoms with E-state index in [9.17, 15) is 4.39 Å². The zero-order chi connectivity index (χ0) is 22.9. The van der Waals surface area contributed by atoms with Gasteiger partial charge >= 0.3 is 0 Å². The first-order valence-electron chi connectivity index (χ1n) is 10.8. The third kappa shape index (κ3) is 3.90. The van der Waals surface area contributed by atoms with Crippen LogP contribution in [0.1, 0.15) is 12.6 Å². The highest BCUT2D eigenvalue weighted by molar-refractivity contribution is 7.20. The minimum Gasteiger partial charge on any atom is -0.353 e. The predicted octanol–water partition coefficient (Wildman–Crippen LogP) is 4.28. The smallest absolute Gasteiger partial charge is 0.270 e. The van der Waals surface area contributed by atoms with Crippen molar-refractivity contribution in [1.29, 1.82) is 0 Å². The van der Waals surface area contributed by atoms with Crippen molar-refractivity contribution >= 4 is 38.8 Å². The molecule has 0 radical (unpaired) electrons. The average molecular weight is 463 g/mol. The number of fused-ring (bicyclic) bond motifs is 1. The number of imidazole rings is 1. The molecule has 1 N–H and O–H groups in total. The van der Waals surface area contributed by atoms with E-state index in [1.54, 1.807) is 12.1 Å². The van der Waals surface area contributed by atoms with E-state index in [4.69, 9.17) is 16.5 Å². The predicted molar refractivity (Wildman–Crippen MR) is 129 cm³/mol. The maximum absolute atomic E-state index is 13.4. The van der Waals surface area contributed by atoms with E-state index in [2.05, 4.69) is 31.4 Å². The molecule has 1 saturated heterocycles. The van der Waals surface area contributed by atoms with Gasteiger partial charge < -0.3 is 15.1 Å². The van der Waals surface area contributed by atoms with Crippen LogP contribution in [0, 0.1) is 12.4 Å². The fraction of sp³-hybridized carbons (Fsp3) is 0.304. The Balaban J connectivity index is 1.58. The van der Waals surface area contributed by atoms with Crippen molar-refractivity contribution in [2.24, 2.45) is 0 Å². The van der Waals surface area contributed by atoms with E-state index in [-0.39, 0.29) is 5.82 Å². The van der Waals surface area contributed by atoms with Gasteiger partial charge in [-0.15, -0.1) is 11.3 Å². The lowest BCUT2D eigenvalue weighted by atomic mass is 10.1. The van der Waals surface area contributed by atoms with Gasteiger partial charge in [0.1, 0.15) is 17.5 Å². The van der Waals surface area contributed by atoms with E-state index in [1.165, 1.54) is 23.5 Å². The molecular weight excluding hydrogens is 439 g/mol. The minimum absolute atomic E-state index is 0.317. The molecule has 3 aromatic heterocycles. The molecule has 0 saturated carbocycles. The number of rotatable bonds is 5. The minimum atomic E-state index is -0.317. The Morgan fingerprint density at radius 3 is 2.67 bits per heavy atom. The summed E-state index contributed by atoms with van der Waals surface area (Å²) < 4.78 is 15.4. The summed E-state index contributed by atoms with van der Waals surface area (Å²) in [7, 11) is 1.94. The van der Waals surface area contributed by atoms with E-state index in [1.807, 2.05) is 24.3 Å². The van der Waals surface area contributed by atoms with Gasteiger partial charge in [0, 0.05) is 33.2 Å². The molecule has 0 amide bonds. The van der Waals surface area contributed by atoms with Gasteiger partial charge in [0.05, 0.1) is 30.4 Å². The third-order valence-electron chi connectivity index (χ3n) is 5.74. The number of nitrogens with zero attached hydrogens (tertiary/aromatic N) is 7. The maximum Gasteiger partial charge on any atom is 0.270 e. The van der Waals surface area contributed by atoms with E-state index in [0.29, 0.717) is 15.8 Å². The maximum atomic E-state index is 13.4. The van der Waals surface area contributed by atoms with Crippen LogP contribution in [0.3, 0.4) is 0 Å². The van der Waals surface area contributed by atoms with E-state index < -0.39 is 0 Å². The Labute approximate surface area is 195 Å². The molecule has 5 rings (SSSR count). The summed E-state index contributed by atoms with van der Waals surface area (Å²) in [6, 6.07) is 6.08. The van der Waals surface area contributed by atoms with Crippen molar-refractivity contribution in [3.63, 3.8) is 0 Å². The Morgan fingerprint density at radius 1 is 1.21 bits per heavy atom. The number of hydrogen-bond donors (Lipinski definition) is 1. The summed E-state index contributed by atoms with van der Waals surface area (Å²) in [6.45, 7) is 13.4. The lowest BCUT2D eigenvalue weighted by Gasteiger charge is -2.28. The first-order valence-corrected chi connectivity index (χ1v) is 11.6. The van der Waals surface area contributed by atoms with Crippen molar-refractivity contribution in [2.45, 2.75) is 13.3 Å². The Bertz CT molecular complexity index is 1330. The van der Waals surface area contributed by atoms with Gasteiger partial charge in [0.15, 0.2) is 10.8 Å². The summed E-state index contributed by atoms with van der Waals surface area (Å²) in [6.07, 6.45) is 4.59. The van der Waals surface area contributed by atoms with Crippen molar-refractivity contribution in [3.8, 4) is 11.3 Å². The summed E-state index contributed by atoms with van der Waals surface area (Å²) in [5.41, 5.74) is 2.98. The second-order valence-electron chi connectivity index (χ2n) is 7.77. The van der Waals surface area contributed by atoms with Crippen LogP contribution in [0.25, 0.3) is 21.7 Å². The molecule has 1 fully saturated rings. The van der Waals surface area contributed by atoms with Crippen LogP contribution in [0.15, 0.2) is 36.7 Å². The summed E-state index contributed by atoms with van der Waals surface area (Å²) in [5.74, 6) is 1.50. The molecule has 168 valence electrons. The number of aromatic nitrogens is 4. The fourth-order valence-electron chi connectivity index (χ4n) is 4.04. The zero-order valence-corrected chi connectivity index (χ0v) is 19.2. The van der Waals surface area contributed by atoms with Crippen LogP contribution < -0.4 is 15.1 Å². The van der Waals surface area contributed by atoms with Crippen LogP contribution in [0.5, 0.6) is 0 Å². The van der Waals surface area contributed by atoms with Crippen molar-refractivity contribution < 1.29 is 4.39 Å². The van der Waals surface area contributed by atoms with Crippen LogP contribution >= 0.6 is 11.3 Å². The van der Waals surface area contributed by atoms with Crippen molar-refractivity contribution in [2.75, 3.05) is 43.0 Å². The Hall–Kier alpha value is -3.55. The molecule has 4 heterocycles. The summed E-state index contributed by atoms with van der Waals surface area (Å²) in [4.78, 5) is 22.1. The molecule has 1 aromatic carbocycles. The average Bonchev–Trinajstić information content (AvgIpc) is 3.46. The number of benzene rings is 1. The molecule has 0 atom stereocenters. The molecule has 0 bridgehead atoms. The standard InChI is InChI=1S/C23H23FN8S/c1-4-17-22(32-14-19(27-13-18(32)28-17)31-11-9-26-10-12-31)30(3)23-29-20(21(25-2)33-23)15-5-7-16(24)8-6-15/h5-8,13-14,26H,4,9-12H2,1,3H3. The molecule has 0 spiro atoms. The number of aryl methyl sites for hydroxylation is 1. The van der Waals surface area contributed by atoms with Gasteiger partial charge in [-0.2, -0.15) is 0 Å². The topological polar surface area (TPSA) is 66.0 Å². The Kier molecular flexibility index (Phi) is 5.66. The fourth-order valence-corrected chi connectivity index (χ4v) is 4.88. The van der Waals surface area contributed by atoms with Crippen LogP contribution in [0.4, 0.5) is 26.2 Å². The highest BCUT2D eigenvalue weighted by atomic mass is 32.1. The second-order valence-corrected chi connectivity index (χ2v) is 8.73. The molecule has 10 heteroatoms. The van der Waals surface area contributed by atoms with Gasteiger partial charge in [-0.3, -0.25) is 4.40 Å². The second kappa shape index (κ2) is 8.77. The zero-order valence-electron chi connectivity index (χ0n) is 18.4. The number of piperazine rings is 1. The number of halogens is 1. The van der Waals surface area contributed by atoms with Crippen molar-refractivity contribution in [3.05, 3.63) is 59.6 Å². The van der Waals surface area contributed by atoms with Gasteiger partial charge in [0.2, 0.25) is 0 Å². The van der Waals surface area contributed by atoms with Crippen LogP contribution in [-0.2, 0) is 6.42 Å². The molecule has 1 aliphatic rings. The summed E-state index contributed by atoms with van der Waals surface area (Å²) in [5, 5.41) is 4.52. The lowest BCUT2D eigenvalue weighted by molar-refractivity contribution is 0.584. The highest BCUT2D eigenvalue weighted by Crippen LogP contribution is 2.42. The Morgan fingerprint density at radius 2 is 1.97 bits per heavy atom. The molecular formula is C23H23FN8S. The molecule has 8 nitrogen and oxygen atoms in total. The van der Waals surface area contributed by atoms with Crippen LogP contribution in [0.2, 0.25) is 0 Å². The first-order chi connectivity index (χ1) is 16.1.